The molecule has 2 N–H and O–H groups in total. The zero-order chi connectivity index (χ0) is 33.2. The molecule has 0 atom stereocenters. The molecule has 0 spiro atoms. The van der Waals surface area contributed by atoms with Crippen LogP contribution in [-0.4, -0.2) is 124 Å². The number of halogens is 6. The molecule has 0 aliphatic heterocycles. The number of nitrogens with one attached hydrogen (secondary N) is 2. The first-order valence-electron chi connectivity index (χ1n) is 12.6. The molecule has 0 saturated heterocycles. The standard InChI is InChI=1S/C21H40F6N2O12Si2/c1-32-42(33-2,34-3)15-7-10-28-17(30)38-12-9-19(22,23)41-21(26,27)20(24,25)40-14-13-39-18(31)29-11-8-16-43(35-4,36-5)37-6/h7-16H2,1-6H3,(H,28,30)(H,29,31). The third-order valence-electron chi connectivity index (χ3n) is 5.57. The zero-order valence-corrected chi connectivity index (χ0v) is 26.7. The molecule has 0 radical (unpaired) electrons. The van der Waals surface area contributed by atoms with Gasteiger partial charge in [-0.15, -0.1) is 0 Å². The fourth-order valence-electron chi connectivity index (χ4n) is 3.15. The first kappa shape index (κ1) is 41.2. The average Bonchev–Trinajstić information content (AvgIpc) is 2.95. The number of alkyl halides is 6. The van der Waals surface area contributed by atoms with Gasteiger partial charge in [-0.3, -0.25) is 0 Å². The molecule has 0 rings (SSSR count). The predicted molar refractivity (Wildman–Crippen MR) is 138 cm³/mol. The van der Waals surface area contributed by atoms with E-state index in [-0.39, 0.29) is 13.1 Å². The quantitative estimate of drug-likeness (QED) is 0.0875. The summed E-state index contributed by atoms with van der Waals surface area (Å²) < 4.78 is 129. The lowest BCUT2D eigenvalue weighted by atomic mass is 10.4. The molecule has 0 fully saturated rings. The second-order valence-corrected chi connectivity index (χ2v) is 14.5. The van der Waals surface area contributed by atoms with E-state index in [9.17, 15) is 35.9 Å². The van der Waals surface area contributed by atoms with Crippen molar-refractivity contribution >= 4 is 29.8 Å². The van der Waals surface area contributed by atoms with Crippen LogP contribution in [0.4, 0.5) is 35.9 Å². The molecule has 256 valence electrons. The van der Waals surface area contributed by atoms with Crippen LogP contribution in [0.3, 0.4) is 0 Å². The van der Waals surface area contributed by atoms with Crippen molar-refractivity contribution in [2.75, 3.05) is 75.6 Å². The number of hydrogen-bond donors (Lipinski definition) is 2. The largest absolute Gasteiger partial charge is 0.500 e. The van der Waals surface area contributed by atoms with Gasteiger partial charge in [0, 0.05) is 67.8 Å². The van der Waals surface area contributed by atoms with Crippen LogP contribution < -0.4 is 10.6 Å². The summed E-state index contributed by atoms with van der Waals surface area (Å²) in [6.07, 6.45) is -19.5. The molecular formula is C21H40F6N2O12Si2. The Kier molecular flexibility index (Phi) is 18.8. The van der Waals surface area contributed by atoms with E-state index in [1.54, 1.807) is 0 Å². The Balaban J connectivity index is 4.43. The second kappa shape index (κ2) is 19.6. The number of carbonyl (C=O) groups excluding carboxylic acids is 2. The molecule has 0 aliphatic rings. The van der Waals surface area contributed by atoms with Gasteiger partial charge in [-0.2, -0.15) is 26.3 Å². The zero-order valence-electron chi connectivity index (χ0n) is 24.7. The highest BCUT2D eigenvalue weighted by molar-refractivity contribution is 6.60. The summed E-state index contributed by atoms with van der Waals surface area (Å²) in [5.74, 6) is 0. The number of alkyl carbamates (subject to hydrolysis) is 2. The molecule has 22 heteroatoms. The van der Waals surface area contributed by atoms with E-state index in [4.69, 9.17) is 26.6 Å². The van der Waals surface area contributed by atoms with Gasteiger partial charge in [0.15, 0.2) is 0 Å². The molecular weight excluding hydrogens is 642 g/mol. The Morgan fingerprint density at radius 3 is 1.40 bits per heavy atom. The fourth-order valence-corrected chi connectivity index (χ4v) is 6.60. The Morgan fingerprint density at radius 2 is 1.00 bits per heavy atom. The maximum atomic E-state index is 13.8. The van der Waals surface area contributed by atoms with E-state index in [1.165, 1.54) is 42.7 Å². The highest BCUT2D eigenvalue weighted by atomic mass is 28.4. The van der Waals surface area contributed by atoms with Gasteiger partial charge in [-0.1, -0.05) is 0 Å². The number of amides is 2. The van der Waals surface area contributed by atoms with E-state index in [0.717, 1.165) is 0 Å². The van der Waals surface area contributed by atoms with Crippen molar-refractivity contribution in [3.8, 4) is 0 Å². The topological polar surface area (TPSA) is 150 Å². The van der Waals surface area contributed by atoms with Gasteiger partial charge >= 0.3 is 48.1 Å². The highest BCUT2D eigenvalue weighted by Gasteiger charge is 2.64. The van der Waals surface area contributed by atoms with Crippen LogP contribution >= 0.6 is 0 Å². The van der Waals surface area contributed by atoms with Crippen molar-refractivity contribution in [2.45, 2.75) is 49.7 Å². The van der Waals surface area contributed by atoms with Gasteiger partial charge < -0.3 is 51.4 Å². The first-order chi connectivity index (χ1) is 20.0. The van der Waals surface area contributed by atoms with E-state index < -0.39 is 74.4 Å². The van der Waals surface area contributed by atoms with Crippen molar-refractivity contribution < 1.29 is 81.4 Å². The summed E-state index contributed by atoms with van der Waals surface area (Å²) >= 11 is 0. The summed E-state index contributed by atoms with van der Waals surface area (Å²) in [4.78, 5) is 23.2. The van der Waals surface area contributed by atoms with Crippen molar-refractivity contribution in [1.82, 2.24) is 10.6 Å². The normalized spacial score (nSPS) is 13.1. The summed E-state index contributed by atoms with van der Waals surface area (Å²) in [5.41, 5.74) is 0. The fraction of sp³-hybridized carbons (Fsp3) is 0.905. The molecule has 14 nitrogen and oxygen atoms in total. The van der Waals surface area contributed by atoms with E-state index in [0.29, 0.717) is 24.9 Å². The molecule has 0 aliphatic carbocycles. The van der Waals surface area contributed by atoms with Crippen molar-refractivity contribution in [1.29, 1.82) is 0 Å². The summed E-state index contributed by atoms with van der Waals surface area (Å²) in [7, 11) is 2.57. The Labute approximate surface area is 247 Å². The van der Waals surface area contributed by atoms with Gasteiger partial charge in [0.05, 0.1) is 13.0 Å². The minimum Gasteiger partial charge on any atom is -0.449 e. The van der Waals surface area contributed by atoms with Crippen LogP contribution in [0.5, 0.6) is 0 Å². The smallest absolute Gasteiger partial charge is 0.449 e. The molecule has 43 heavy (non-hydrogen) atoms. The third-order valence-corrected chi connectivity index (χ3v) is 11.2. The van der Waals surface area contributed by atoms with Gasteiger partial charge in [0.2, 0.25) is 0 Å². The van der Waals surface area contributed by atoms with Crippen LogP contribution in [0.25, 0.3) is 0 Å². The molecule has 0 aromatic heterocycles. The van der Waals surface area contributed by atoms with Gasteiger partial charge in [-0.05, 0) is 12.8 Å². The van der Waals surface area contributed by atoms with Crippen LogP contribution in [0, 0.1) is 0 Å². The van der Waals surface area contributed by atoms with Gasteiger partial charge in [0.1, 0.15) is 13.2 Å². The molecule has 0 saturated carbocycles. The van der Waals surface area contributed by atoms with E-state index in [2.05, 4.69) is 29.6 Å². The van der Waals surface area contributed by atoms with Crippen LogP contribution in [0.2, 0.25) is 12.1 Å². The molecule has 0 heterocycles. The highest BCUT2D eigenvalue weighted by Crippen LogP contribution is 2.41. The molecule has 0 unspecified atom stereocenters. The monoisotopic (exact) mass is 682 g/mol. The minimum absolute atomic E-state index is 0.00273. The molecule has 0 bridgehead atoms. The number of carbonyl (C=O) groups is 2. The summed E-state index contributed by atoms with van der Waals surface area (Å²) in [6, 6.07) is 0.627. The lowest BCUT2D eigenvalue weighted by Crippen LogP contribution is -2.49. The van der Waals surface area contributed by atoms with Crippen molar-refractivity contribution in [2.24, 2.45) is 0 Å². The third kappa shape index (κ3) is 15.2. The Hall–Kier alpha value is -1.77. The van der Waals surface area contributed by atoms with Crippen molar-refractivity contribution in [3.63, 3.8) is 0 Å². The lowest BCUT2D eigenvalue weighted by Gasteiger charge is -2.29. The summed E-state index contributed by atoms with van der Waals surface area (Å²) in [6.45, 7) is -3.31. The maximum absolute atomic E-state index is 13.8. The second-order valence-electron chi connectivity index (χ2n) is 8.29. The lowest BCUT2D eigenvalue weighted by molar-refractivity contribution is -0.481. The van der Waals surface area contributed by atoms with Gasteiger partial charge in [0.25, 0.3) is 0 Å². The molecule has 2 amide bonds. The first-order valence-corrected chi connectivity index (χ1v) is 16.5. The minimum atomic E-state index is -5.80. The predicted octanol–water partition coefficient (Wildman–Crippen LogP) is 3.18. The summed E-state index contributed by atoms with van der Waals surface area (Å²) in [5, 5.41) is 4.48. The van der Waals surface area contributed by atoms with Crippen LogP contribution in [0.15, 0.2) is 0 Å². The maximum Gasteiger partial charge on any atom is 0.500 e. The average molecular weight is 683 g/mol. The van der Waals surface area contributed by atoms with Gasteiger partial charge in [-0.25, -0.2) is 14.3 Å². The SMILES string of the molecule is CO[Si](CCCNC(=O)OCCOC(F)(F)C(F)(F)OC(F)(F)CCOC(=O)NCCC[Si](OC)(OC)OC)(OC)OC. The number of ether oxygens (including phenoxy) is 4. The Bertz CT molecular complexity index is 798. The molecule has 0 aromatic carbocycles. The van der Waals surface area contributed by atoms with Crippen LogP contribution in [0.1, 0.15) is 19.3 Å². The number of hydrogen-bond acceptors (Lipinski definition) is 12. The van der Waals surface area contributed by atoms with Crippen LogP contribution in [-0.2, 0) is 45.5 Å². The Morgan fingerprint density at radius 1 is 0.605 bits per heavy atom. The van der Waals surface area contributed by atoms with E-state index in [1.807, 2.05) is 0 Å². The van der Waals surface area contributed by atoms with Crippen molar-refractivity contribution in [3.05, 3.63) is 0 Å². The van der Waals surface area contributed by atoms with E-state index >= 15 is 0 Å². The number of rotatable bonds is 24. The molecule has 0 aromatic rings.